The van der Waals surface area contributed by atoms with Crippen molar-refractivity contribution in [2.75, 3.05) is 44.7 Å². The normalized spacial score (nSPS) is 22.5. The van der Waals surface area contributed by atoms with Crippen LogP contribution in [0.25, 0.3) is 0 Å². The molecule has 1 amide bonds. The molecule has 1 atom stereocenters. The summed E-state index contributed by atoms with van der Waals surface area (Å²) in [5.41, 5.74) is 1.27. The Hall–Kier alpha value is -1.59. The van der Waals surface area contributed by atoms with Crippen LogP contribution in [0.1, 0.15) is 25.7 Å². The highest BCUT2D eigenvalue weighted by molar-refractivity contribution is 5.78. The number of carbonyl (C=O) groups excluding carboxylic acids is 1. The Bertz CT molecular complexity index is 509. The molecule has 5 heteroatoms. The van der Waals surface area contributed by atoms with E-state index in [1.165, 1.54) is 5.69 Å². The first kappa shape index (κ1) is 17.2. The summed E-state index contributed by atoms with van der Waals surface area (Å²) in [7, 11) is 2.17. The van der Waals surface area contributed by atoms with E-state index in [1.807, 2.05) is 0 Å². The zero-order valence-corrected chi connectivity index (χ0v) is 14.6. The fourth-order valence-corrected chi connectivity index (χ4v) is 3.63. The molecule has 3 rings (SSSR count). The fourth-order valence-electron chi connectivity index (χ4n) is 3.63. The molecule has 0 bridgehead atoms. The SMILES string of the molecule is CN(c1ccccc1)C1CCN(CC(=O)NC[C@@H]2CCCO2)CC1. The lowest BCUT2D eigenvalue weighted by Gasteiger charge is -2.37. The highest BCUT2D eigenvalue weighted by atomic mass is 16.5. The summed E-state index contributed by atoms with van der Waals surface area (Å²) in [4.78, 5) is 16.7. The van der Waals surface area contributed by atoms with Crippen LogP contribution < -0.4 is 10.2 Å². The summed E-state index contributed by atoms with van der Waals surface area (Å²) < 4.78 is 5.54. The highest BCUT2D eigenvalue weighted by Crippen LogP contribution is 2.21. The van der Waals surface area contributed by atoms with E-state index in [-0.39, 0.29) is 12.0 Å². The van der Waals surface area contributed by atoms with Gasteiger partial charge in [-0.3, -0.25) is 9.69 Å². The maximum absolute atomic E-state index is 12.1. The second-order valence-corrected chi connectivity index (χ2v) is 6.89. The number of anilines is 1. The number of nitrogens with zero attached hydrogens (tertiary/aromatic N) is 2. The molecule has 1 aromatic rings. The zero-order chi connectivity index (χ0) is 16.8. The van der Waals surface area contributed by atoms with Crippen molar-refractivity contribution in [2.24, 2.45) is 0 Å². The Balaban J connectivity index is 1.37. The number of para-hydroxylation sites is 1. The van der Waals surface area contributed by atoms with E-state index in [0.717, 1.165) is 45.4 Å². The van der Waals surface area contributed by atoms with Crippen LogP contribution in [0.2, 0.25) is 0 Å². The third-order valence-electron chi connectivity index (χ3n) is 5.19. The quantitative estimate of drug-likeness (QED) is 0.864. The van der Waals surface area contributed by atoms with E-state index in [9.17, 15) is 4.79 Å². The summed E-state index contributed by atoms with van der Waals surface area (Å²) in [6.45, 7) is 3.97. The topological polar surface area (TPSA) is 44.8 Å². The van der Waals surface area contributed by atoms with Crippen LogP contribution in [0, 0.1) is 0 Å². The standard InChI is InChI=1S/C19H29N3O2/c1-21(16-6-3-2-4-7-16)17-9-11-22(12-10-17)15-19(23)20-14-18-8-5-13-24-18/h2-4,6-7,17-18H,5,8-15H2,1H3,(H,20,23)/t18-/m0/s1. The van der Waals surface area contributed by atoms with Crippen molar-refractivity contribution in [3.8, 4) is 0 Å². The number of rotatable bonds is 6. The minimum absolute atomic E-state index is 0.125. The van der Waals surface area contributed by atoms with Gasteiger partial charge in [0.05, 0.1) is 12.6 Å². The van der Waals surface area contributed by atoms with Crippen LogP contribution >= 0.6 is 0 Å². The predicted octanol–water partition coefficient (Wildman–Crippen LogP) is 1.88. The van der Waals surface area contributed by atoms with Gasteiger partial charge in [0.15, 0.2) is 0 Å². The summed E-state index contributed by atoms with van der Waals surface area (Å²) in [5, 5.41) is 3.02. The molecule has 24 heavy (non-hydrogen) atoms. The molecule has 5 nitrogen and oxygen atoms in total. The lowest BCUT2D eigenvalue weighted by molar-refractivity contribution is -0.123. The first-order valence-corrected chi connectivity index (χ1v) is 9.11. The van der Waals surface area contributed by atoms with Gasteiger partial charge in [0.2, 0.25) is 5.91 Å². The molecule has 0 saturated carbocycles. The minimum Gasteiger partial charge on any atom is -0.376 e. The van der Waals surface area contributed by atoms with E-state index in [0.29, 0.717) is 19.1 Å². The first-order chi connectivity index (χ1) is 11.7. The van der Waals surface area contributed by atoms with Crippen LogP contribution in [0.3, 0.4) is 0 Å². The first-order valence-electron chi connectivity index (χ1n) is 9.11. The van der Waals surface area contributed by atoms with Crippen molar-refractivity contribution in [3.63, 3.8) is 0 Å². The number of likely N-dealkylation sites (tertiary alicyclic amines) is 1. The van der Waals surface area contributed by atoms with Crippen molar-refractivity contribution in [2.45, 2.75) is 37.8 Å². The van der Waals surface area contributed by atoms with Crippen molar-refractivity contribution < 1.29 is 9.53 Å². The van der Waals surface area contributed by atoms with Crippen molar-refractivity contribution >= 4 is 11.6 Å². The molecule has 2 aliphatic rings. The van der Waals surface area contributed by atoms with Gasteiger partial charge in [-0.15, -0.1) is 0 Å². The van der Waals surface area contributed by atoms with E-state index >= 15 is 0 Å². The number of carbonyl (C=O) groups is 1. The molecule has 0 spiro atoms. The molecule has 2 fully saturated rings. The van der Waals surface area contributed by atoms with Gasteiger partial charge in [0.1, 0.15) is 0 Å². The third-order valence-corrected chi connectivity index (χ3v) is 5.19. The monoisotopic (exact) mass is 331 g/mol. The van der Waals surface area contributed by atoms with Gasteiger partial charge in [-0.2, -0.15) is 0 Å². The Morgan fingerprint density at radius 1 is 1.25 bits per heavy atom. The molecule has 2 saturated heterocycles. The van der Waals surface area contributed by atoms with Crippen LogP contribution in [-0.2, 0) is 9.53 Å². The molecule has 0 aromatic heterocycles. The number of benzene rings is 1. The van der Waals surface area contributed by atoms with Crippen LogP contribution in [0.5, 0.6) is 0 Å². The third kappa shape index (κ3) is 4.71. The molecule has 0 unspecified atom stereocenters. The van der Waals surface area contributed by atoms with Gasteiger partial charge in [0, 0.05) is 45.0 Å². The number of hydrogen-bond acceptors (Lipinski definition) is 4. The number of ether oxygens (including phenoxy) is 1. The number of amides is 1. The average Bonchev–Trinajstić information content (AvgIpc) is 3.14. The van der Waals surface area contributed by atoms with Gasteiger partial charge in [0.25, 0.3) is 0 Å². The van der Waals surface area contributed by atoms with Gasteiger partial charge < -0.3 is 15.0 Å². The molecule has 1 N–H and O–H groups in total. The van der Waals surface area contributed by atoms with E-state index in [2.05, 4.69) is 52.5 Å². The molecule has 0 radical (unpaired) electrons. The Morgan fingerprint density at radius 3 is 2.67 bits per heavy atom. The van der Waals surface area contributed by atoms with E-state index in [1.54, 1.807) is 0 Å². The van der Waals surface area contributed by atoms with Crippen molar-refractivity contribution in [1.29, 1.82) is 0 Å². The Morgan fingerprint density at radius 2 is 2.00 bits per heavy atom. The lowest BCUT2D eigenvalue weighted by Crippen LogP contribution is -2.47. The summed E-state index contributed by atoms with van der Waals surface area (Å²) in [6.07, 6.45) is 4.61. The van der Waals surface area contributed by atoms with Gasteiger partial charge in [-0.1, -0.05) is 18.2 Å². The summed E-state index contributed by atoms with van der Waals surface area (Å²) in [5.74, 6) is 0.125. The van der Waals surface area contributed by atoms with Gasteiger partial charge >= 0.3 is 0 Å². The minimum atomic E-state index is 0.125. The van der Waals surface area contributed by atoms with Crippen LogP contribution in [-0.4, -0.2) is 62.8 Å². The molecule has 2 aliphatic heterocycles. The molecule has 0 aliphatic carbocycles. The average molecular weight is 331 g/mol. The predicted molar refractivity (Wildman–Crippen MR) is 96.3 cm³/mol. The highest BCUT2D eigenvalue weighted by Gasteiger charge is 2.24. The van der Waals surface area contributed by atoms with Gasteiger partial charge in [-0.05, 0) is 37.8 Å². The molecular formula is C19H29N3O2. The maximum atomic E-state index is 12.1. The smallest absolute Gasteiger partial charge is 0.234 e. The molecular weight excluding hydrogens is 302 g/mol. The molecule has 132 valence electrons. The van der Waals surface area contributed by atoms with Crippen LogP contribution in [0.15, 0.2) is 30.3 Å². The maximum Gasteiger partial charge on any atom is 0.234 e. The van der Waals surface area contributed by atoms with E-state index in [4.69, 9.17) is 4.74 Å². The van der Waals surface area contributed by atoms with Crippen molar-refractivity contribution in [1.82, 2.24) is 10.2 Å². The number of nitrogens with one attached hydrogen (secondary N) is 1. The van der Waals surface area contributed by atoms with Crippen LogP contribution in [0.4, 0.5) is 5.69 Å². The molecule has 1 aromatic carbocycles. The Kier molecular flexibility index (Phi) is 6.10. The summed E-state index contributed by atoms with van der Waals surface area (Å²) in [6, 6.07) is 11.1. The summed E-state index contributed by atoms with van der Waals surface area (Å²) >= 11 is 0. The second kappa shape index (κ2) is 8.49. The lowest BCUT2D eigenvalue weighted by atomic mass is 10.0. The molecule has 2 heterocycles. The zero-order valence-electron chi connectivity index (χ0n) is 14.6. The van der Waals surface area contributed by atoms with Crippen molar-refractivity contribution in [3.05, 3.63) is 30.3 Å². The van der Waals surface area contributed by atoms with Gasteiger partial charge in [-0.25, -0.2) is 0 Å². The Labute approximate surface area is 145 Å². The number of piperidine rings is 1. The fraction of sp³-hybridized carbons (Fsp3) is 0.632. The number of hydrogen-bond donors (Lipinski definition) is 1. The van der Waals surface area contributed by atoms with E-state index < -0.39 is 0 Å². The second-order valence-electron chi connectivity index (χ2n) is 6.89. The largest absolute Gasteiger partial charge is 0.376 e.